The minimum absolute atomic E-state index is 0.172. The fraction of sp³-hybridized carbons (Fsp3) is 0.571. The Morgan fingerprint density at radius 3 is 2.63 bits per heavy atom. The highest BCUT2D eigenvalue weighted by atomic mass is 79.9. The molecule has 0 aliphatic rings. The van der Waals surface area contributed by atoms with E-state index in [2.05, 4.69) is 41.6 Å². The van der Waals surface area contributed by atoms with Gasteiger partial charge in [0.05, 0.1) is 4.92 Å². The summed E-state index contributed by atoms with van der Waals surface area (Å²) in [6.07, 6.45) is 3.09. The van der Waals surface area contributed by atoms with Crippen LogP contribution in [0.5, 0.6) is 0 Å². The van der Waals surface area contributed by atoms with E-state index < -0.39 is 0 Å². The molecule has 1 rings (SSSR count). The number of unbranched alkanes of at least 4 members (excludes halogenated alkanes) is 1. The highest BCUT2D eigenvalue weighted by Gasteiger charge is 2.22. The molecule has 0 amide bonds. The van der Waals surface area contributed by atoms with E-state index in [0.29, 0.717) is 6.04 Å². The van der Waals surface area contributed by atoms with Gasteiger partial charge in [0.2, 0.25) is 0 Å². The summed E-state index contributed by atoms with van der Waals surface area (Å²) in [7, 11) is 0. The van der Waals surface area contributed by atoms with Gasteiger partial charge in [-0.3, -0.25) is 10.1 Å². The number of nitrogens with zero attached hydrogens (tertiary/aromatic N) is 2. The van der Waals surface area contributed by atoms with Crippen LogP contribution in [-0.2, 0) is 0 Å². The summed E-state index contributed by atoms with van der Waals surface area (Å²) in [5, 5.41) is 11.2. The third kappa shape index (κ3) is 4.20. The van der Waals surface area contributed by atoms with E-state index >= 15 is 0 Å². The van der Waals surface area contributed by atoms with Gasteiger partial charge in [0.1, 0.15) is 5.69 Å². The van der Waals surface area contributed by atoms with E-state index in [1.165, 1.54) is 0 Å². The zero-order valence-electron chi connectivity index (χ0n) is 11.7. The Morgan fingerprint density at radius 2 is 2.11 bits per heavy atom. The maximum absolute atomic E-state index is 11.2. The maximum atomic E-state index is 11.2. The molecular formula is C14H21BrN2O2. The lowest BCUT2D eigenvalue weighted by Crippen LogP contribution is -2.34. The predicted molar refractivity (Wildman–Crippen MR) is 82.8 cm³/mol. The summed E-state index contributed by atoms with van der Waals surface area (Å²) in [5.41, 5.74) is 0.891. The van der Waals surface area contributed by atoms with Gasteiger partial charge in [-0.2, -0.15) is 0 Å². The minimum atomic E-state index is -0.304. The second kappa shape index (κ2) is 7.48. The largest absolute Gasteiger partial charge is 0.363 e. The van der Waals surface area contributed by atoms with Gasteiger partial charge in [-0.15, -0.1) is 0 Å². The molecule has 5 heteroatoms. The van der Waals surface area contributed by atoms with Crippen molar-refractivity contribution in [3.05, 3.63) is 32.8 Å². The number of halogens is 1. The molecule has 106 valence electrons. The van der Waals surface area contributed by atoms with Crippen LogP contribution in [0.15, 0.2) is 22.7 Å². The Bertz CT molecular complexity index is 437. The van der Waals surface area contributed by atoms with E-state index in [0.717, 1.165) is 36.0 Å². The molecule has 0 aromatic heterocycles. The van der Waals surface area contributed by atoms with Crippen molar-refractivity contribution in [2.75, 3.05) is 11.4 Å². The van der Waals surface area contributed by atoms with Crippen molar-refractivity contribution < 1.29 is 4.92 Å². The summed E-state index contributed by atoms with van der Waals surface area (Å²) in [6, 6.07) is 5.58. The zero-order chi connectivity index (χ0) is 14.4. The molecule has 0 saturated heterocycles. The minimum Gasteiger partial charge on any atom is -0.363 e. The standard InChI is InChI=1S/C14H21BrN2O2/c1-4-6-9-16(11(3)5-2)13-8-7-12(15)10-14(13)17(18)19/h7-8,10-11H,4-6,9H2,1-3H3. The topological polar surface area (TPSA) is 46.4 Å². The quantitative estimate of drug-likeness (QED) is 0.535. The molecule has 1 unspecified atom stereocenters. The highest BCUT2D eigenvalue weighted by Crippen LogP contribution is 2.33. The molecule has 0 fully saturated rings. The lowest BCUT2D eigenvalue weighted by molar-refractivity contribution is -0.384. The van der Waals surface area contributed by atoms with Crippen LogP contribution in [-0.4, -0.2) is 17.5 Å². The van der Waals surface area contributed by atoms with E-state index in [1.807, 2.05) is 12.1 Å². The first kappa shape index (κ1) is 16.0. The molecule has 1 aromatic carbocycles. The van der Waals surface area contributed by atoms with Crippen molar-refractivity contribution in [1.82, 2.24) is 0 Å². The number of nitro groups is 1. The number of nitro benzene ring substituents is 1. The molecule has 0 spiro atoms. The second-order valence-corrected chi connectivity index (χ2v) is 5.61. The van der Waals surface area contributed by atoms with Crippen LogP contribution >= 0.6 is 15.9 Å². The summed E-state index contributed by atoms with van der Waals surface area (Å²) in [4.78, 5) is 13.1. The number of hydrogen-bond acceptors (Lipinski definition) is 3. The van der Waals surface area contributed by atoms with Crippen LogP contribution in [0.1, 0.15) is 40.0 Å². The van der Waals surface area contributed by atoms with Crippen molar-refractivity contribution in [2.24, 2.45) is 0 Å². The van der Waals surface area contributed by atoms with Gasteiger partial charge >= 0.3 is 0 Å². The number of anilines is 1. The molecule has 1 aromatic rings. The lowest BCUT2D eigenvalue weighted by Gasteiger charge is -2.30. The van der Waals surface area contributed by atoms with Crippen LogP contribution in [0.25, 0.3) is 0 Å². The summed E-state index contributed by atoms with van der Waals surface area (Å²) in [5.74, 6) is 0. The fourth-order valence-electron chi connectivity index (χ4n) is 2.01. The third-order valence-corrected chi connectivity index (χ3v) is 3.81. The Balaban J connectivity index is 3.17. The molecule has 1 atom stereocenters. The molecule has 0 heterocycles. The summed E-state index contributed by atoms with van der Waals surface area (Å²) >= 11 is 3.30. The average Bonchev–Trinajstić information content (AvgIpc) is 2.39. The molecule has 0 aliphatic carbocycles. The van der Waals surface area contributed by atoms with Crippen LogP contribution in [0.3, 0.4) is 0 Å². The van der Waals surface area contributed by atoms with Crippen molar-refractivity contribution in [2.45, 2.75) is 46.1 Å². The van der Waals surface area contributed by atoms with E-state index in [1.54, 1.807) is 6.07 Å². The third-order valence-electron chi connectivity index (χ3n) is 3.32. The van der Waals surface area contributed by atoms with Crippen LogP contribution in [0.2, 0.25) is 0 Å². The number of hydrogen-bond donors (Lipinski definition) is 0. The Labute approximate surface area is 123 Å². The zero-order valence-corrected chi connectivity index (χ0v) is 13.3. The highest BCUT2D eigenvalue weighted by molar-refractivity contribution is 9.10. The molecule has 19 heavy (non-hydrogen) atoms. The molecule has 0 N–H and O–H groups in total. The first-order valence-electron chi connectivity index (χ1n) is 6.71. The lowest BCUT2D eigenvalue weighted by atomic mass is 10.1. The normalized spacial score (nSPS) is 12.2. The van der Waals surface area contributed by atoms with Crippen molar-refractivity contribution in [3.8, 4) is 0 Å². The van der Waals surface area contributed by atoms with E-state index in [-0.39, 0.29) is 10.6 Å². The average molecular weight is 329 g/mol. The number of benzene rings is 1. The molecule has 0 radical (unpaired) electrons. The molecule has 0 aliphatic heterocycles. The Hall–Kier alpha value is -1.10. The molecule has 4 nitrogen and oxygen atoms in total. The van der Waals surface area contributed by atoms with Crippen molar-refractivity contribution >= 4 is 27.3 Å². The van der Waals surface area contributed by atoms with Crippen LogP contribution in [0, 0.1) is 10.1 Å². The van der Waals surface area contributed by atoms with Crippen LogP contribution in [0.4, 0.5) is 11.4 Å². The van der Waals surface area contributed by atoms with Gasteiger partial charge in [0.15, 0.2) is 0 Å². The van der Waals surface area contributed by atoms with Crippen molar-refractivity contribution in [1.29, 1.82) is 0 Å². The van der Waals surface area contributed by atoms with Crippen LogP contribution < -0.4 is 4.90 Å². The first-order chi connectivity index (χ1) is 9.01. The van der Waals surface area contributed by atoms with E-state index in [9.17, 15) is 10.1 Å². The predicted octanol–water partition coefficient (Wildman–Crippen LogP) is 4.76. The first-order valence-corrected chi connectivity index (χ1v) is 7.51. The van der Waals surface area contributed by atoms with Gasteiger partial charge in [-0.05, 0) is 31.9 Å². The molecular weight excluding hydrogens is 308 g/mol. The van der Waals surface area contributed by atoms with Crippen molar-refractivity contribution in [3.63, 3.8) is 0 Å². The smallest absolute Gasteiger partial charge is 0.293 e. The molecule has 0 saturated carbocycles. The second-order valence-electron chi connectivity index (χ2n) is 4.69. The van der Waals surface area contributed by atoms with Gasteiger partial charge in [-0.1, -0.05) is 36.2 Å². The maximum Gasteiger partial charge on any atom is 0.293 e. The van der Waals surface area contributed by atoms with E-state index in [4.69, 9.17) is 0 Å². The van der Waals surface area contributed by atoms with Gasteiger partial charge in [-0.25, -0.2) is 0 Å². The van der Waals surface area contributed by atoms with Gasteiger partial charge < -0.3 is 4.90 Å². The summed E-state index contributed by atoms with van der Waals surface area (Å²) < 4.78 is 0.738. The SMILES string of the molecule is CCCCN(c1ccc(Br)cc1[N+](=O)[O-])C(C)CC. The molecule has 0 bridgehead atoms. The Morgan fingerprint density at radius 1 is 1.42 bits per heavy atom. The number of rotatable bonds is 7. The Kier molecular flexibility index (Phi) is 6.28. The summed E-state index contributed by atoms with van der Waals surface area (Å²) in [6.45, 7) is 7.20. The fourth-order valence-corrected chi connectivity index (χ4v) is 2.36. The monoisotopic (exact) mass is 328 g/mol. The van der Waals surface area contributed by atoms with Gasteiger partial charge in [0.25, 0.3) is 5.69 Å². The van der Waals surface area contributed by atoms with Gasteiger partial charge in [0, 0.05) is 23.1 Å².